The molecule has 0 heterocycles. The highest BCUT2D eigenvalue weighted by molar-refractivity contribution is 5.18. The van der Waals surface area contributed by atoms with Crippen LogP contribution in [-0.4, -0.2) is 0 Å². The normalized spacial score (nSPS) is 28.1. The highest BCUT2D eigenvalue weighted by Crippen LogP contribution is 2.44. The second-order valence-corrected chi connectivity index (χ2v) is 7.36. The van der Waals surface area contributed by atoms with Crippen LogP contribution in [-0.2, 0) is 0 Å². The Morgan fingerprint density at radius 1 is 1.25 bits per heavy atom. The molecule has 2 atom stereocenters. The van der Waals surface area contributed by atoms with E-state index in [-0.39, 0.29) is 0 Å². The molecule has 1 aliphatic rings. The van der Waals surface area contributed by atoms with Crippen molar-refractivity contribution in [3.05, 3.63) is 35.5 Å². The zero-order chi connectivity index (χ0) is 15.2. The molecule has 0 bridgehead atoms. The predicted molar refractivity (Wildman–Crippen MR) is 91.8 cm³/mol. The van der Waals surface area contributed by atoms with Gasteiger partial charge in [-0.05, 0) is 57.3 Å². The maximum Gasteiger partial charge on any atom is -0.0153 e. The van der Waals surface area contributed by atoms with E-state index in [4.69, 9.17) is 0 Å². The number of rotatable bonds is 5. The quantitative estimate of drug-likeness (QED) is 0.386. The van der Waals surface area contributed by atoms with Gasteiger partial charge in [0.25, 0.3) is 0 Å². The third-order valence-electron chi connectivity index (χ3n) is 5.06. The summed E-state index contributed by atoms with van der Waals surface area (Å²) in [6.07, 6.45) is 15.9. The molecule has 0 aliphatic heterocycles. The topological polar surface area (TPSA) is 0 Å². The van der Waals surface area contributed by atoms with Crippen molar-refractivity contribution in [2.75, 3.05) is 0 Å². The number of hydrogen-bond acceptors (Lipinski definition) is 0. The summed E-state index contributed by atoms with van der Waals surface area (Å²) in [4.78, 5) is 0. The van der Waals surface area contributed by atoms with Gasteiger partial charge in [-0.2, -0.15) is 0 Å². The summed E-state index contributed by atoms with van der Waals surface area (Å²) >= 11 is 0. The SMILES string of the molecule is C/C=C(\C)CC/C=C(C)/C=C/C1C(C)CCCC1(C)C. The third kappa shape index (κ3) is 5.31. The lowest BCUT2D eigenvalue weighted by molar-refractivity contribution is 0.123. The van der Waals surface area contributed by atoms with E-state index in [1.165, 1.54) is 36.8 Å². The van der Waals surface area contributed by atoms with E-state index in [0.29, 0.717) is 5.41 Å². The maximum absolute atomic E-state index is 2.48. The van der Waals surface area contributed by atoms with Gasteiger partial charge >= 0.3 is 0 Å². The largest absolute Gasteiger partial charge is 0.0887 e. The van der Waals surface area contributed by atoms with Gasteiger partial charge in [0.15, 0.2) is 0 Å². The molecule has 0 nitrogen and oxygen atoms in total. The molecular formula is C20H34. The van der Waals surface area contributed by atoms with Crippen LogP contribution in [0.2, 0.25) is 0 Å². The minimum Gasteiger partial charge on any atom is -0.0887 e. The van der Waals surface area contributed by atoms with Gasteiger partial charge in [-0.15, -0.1) is 0 Å². The zero-order valence-corrected chi connectivity index (χ0v) is 14.5. The fourth-order valence-corrected chi connectivity index (χ4v) is 3.44. The average Bonchev–Trinajstić information content (AvgIpc) is 2.37. The molecule has 0 spiro atoms. The monoisotopic (exact) mass is 274 g/mol. The van der Waals surface area contributed by atoms with Gasteiger partial charge in [0.05, 0.1) is 0 Å². The molecule has 0 radical (unpaired) electrons. The maximum atomic E-state index is 2.48. The van der Waals surface area contributed by atoms with Crippen LogP contribution >= 0.6 is 0 Å². The molecule has 1 saturated carbocycles. The van der Waals surface area contributed by atoms with Crippen LogP contribution in [0, 0.1) is 17.3 Å². The van der Waals surface area contributed by atoms with Gasteiger partial charge < -0.3 is 0 Å². The molecular weight excluding hydrogens is 240 g/mol. The molecule has 1 rings (SSSR count). The van der Waals surface area contributed by atoms with Gasteiger partial charge in [-0.25, -0.2) is 0 Å². The first kappa shape index (κ1) is 17.3. The smallest absolute Gasteiger partial charge is 0.0153 e. The van der Waals surface area contributed by atoms with Gasteiger partial charge in [0.1, 0.15) is 0 Å². The van der Waals surface area contributed by atoms with Gasteiger partial charge in [-0.3, -0.25) is 0 Å². The molecule has 0 heteroatoms. The Labute approximate surface area is 127 Å². The van der Waals surface area contributed by atoms with E-state index in [9.17, 15) is 0 Å². The van der Waals surface area contributed by atoms with Crippen LogP contribution < -0.4 is 0 Å². The minimum atomic E-state index is 0.468. The lowest BCUT2D eigenvalue weighted by Gasteiger charge is -2.41. The van der Waals surface area contributed by atoms with Crippen molar-refractivity contribution >= 4 is 0 Å². The van der Waals surface area contributed by atoms with Gasteiger partial charge in [-0.1, -0.05) is 69.1 Å². The van der Waals surface area contributed by atoms with E-state index >= 15 is 0 Å². The minimum absolute atomic E-state index is 0.468. The van der Waals surface area contributed by atoms with Crippen LogP contribution in [0.3, 0.4) is 0 Å². The molecule has 0 N–H and O–H groups in total. The van der Waals surface area contributed by atoms with Crippen LogP contribution in [0.1, 0.15) is 73.6 Å². The summed E-state index contributed by atoms with van der Waals surface area (Å²) in [7, 11) is 0. The average molecular weight is 274 g/mol. The number of allylic oxidation sites excluding steroid dienone is 6. The molecule has 2 unspecified atom stereocenters. The molecule has 0 aromatic rings. The molecule has 1 aliphatic carbocycles. The van der Waals surface area contributed by atoms with Crippen LogP contribution in [0.25, 0.3) is 0 Å². The van der Waals surface area contributed by atoms with Crippen LogP contribution in [0.5, 0.6) is 0 Å². The van der Waals surface area contributed by atoms with Crippen molar-refractivity contribution in [1.29, 1.82) is 0 Å². The zero-order valence-electron chi connectivity index (χ0n) is 14.5. The molecule has 0 aromatic carbocycles. The Morgan fingerprint density at radius 2 is 1.95 bits per heavy atom. The molecule has 0 saturated heterocycles. The highest BCUT2D eigenvalue weighted by Gasteiger charge is 2.34. The first-order valence-corrected chi connectivity index (χ1v) is 8.33. The Bertz CT molecular complexity index is 379. The first-order valence-electron chi connectivity index (χ1n) is 8.33. The third-order valence-corrected chi connectivity index (χ3v) is 5.06. The lowest BCUT2D eigenvalue weighted by Crippen LogP contribution is -2.32. The van der Waals surface area contributed by atoms with E-state index in [0.717, 1.165) is 18.3 Å². The summed E-state index contributed by atoms with van der Waals surface area (Å²) < 4.78 is 0. The molecule has 0 amide bonds. The van der Waals surface area contributed by atoms with E-state index in [1.807, 2.05) is 0 Å². The Kier molecular flexibility index (Phi) is 6.79. The van der Waals surface area contributed by atoms with Crippen molar-refractivity contribution in [2.24, 2.45) is 17.3 Å². The van der Waals surface area contributed by atoms with Crippen molar-refractivity contribution in [1.82, 2.24) is 0 Å². The van der Waals surface area contributed by atoms with E-state index in [2.05, 4.69) is 65.8 Å². The van der Waals surface area contributed by atoms with Crippen molar-refractivity contribution < 1.29 is 0 Å². The highest BCUT2D eigenvalue weighted by atomic mass is 14.4. The summed E-state index contributed by atoms with van der Waals surface area (Å²) in [5.74, 6) is 1.56. The lowest BCUT2D eigenvalue weighted by atomic mass is 9.64. The molecule has 1 fully saturated rings. The fourth-order valence-electron chi connectivity index (χ4n) is 3.44. The number of hydrogen-bond donors (Lipinski definition) is 0. The van der Waals surface area contributed by atoms with Crippen molar-refractivity contribution in [3.8, 4) is 0 Å². The summed E-state index contributed by atoms with van der Waals surface area (Å²) in [6.45, 7) is 13.9. The second-order valence-electron chi connectivity index (χ2n) is 7.36. The Balaban J connectivity index is 2.58. The molecule has 0 aromatic heterocycles. The summed E-state index contributed by atoms with van der Waals surface area (Å²) in [5, 5.41) is 0. The van der Waals surface area contributed by atoms with Gasteiger partial charge in [0, 0.05) is 0 Å². The molecule has 20 heavy (non-hydrogen) atoms. The van der Waals surface area contributed by atoms with Gasteiger partial charge in [0.2, 0.25) is 0 Å². The summed E-state index contributed by atoms with van der Waals surface area (Å²) in [5.41, 5.74) is 3.37. The summed E-state index contributed by atoms with van der Waals surface area (Å²) in [6, 6.07) is 0. The Hall–Kier alpha value is -0.780. The van der Waals surface area contributed by atoms with E-state index < -0.39 is 0 Å². The first-order chi connectivity index (χ1) is 9.36. The standard InChI is InChI=1S/C20H34/c1-7-16(2)10-8-11-17(3)13-14-19-18(4)12-9-15-20(19,5)6/h7,11,13-14,18-19H,8-10,12,15H2,1-6H3/b14-13+,16-7+,17-11+. The van der Waals surface area contributed by atoms with Crippen molar-refractivity contribution in [2.45, 2.75) is 73.6 Å². The molecule has 114 valence electrons. The van der Waals surface area contributed by atoms with Crippen LogP contribution in [0.15, 0.2) is 35.5 Å². The van der Waals surface area contributed by atoms with Crippen LogP contribution in [0.4, 0.5) is 0 Å². The second kappa shape index (κ2) is 7.86. The predicted octanol–water partition coefficient (Wildman–Crippen LogP) is 6.70. The Morgan fingerprint density at radius 3 is 2.55 bits per heavy atom. The fraction of sp³-hybridized carbons (Fsp3) is 0.700. The van der Waals surface area contributed by atoms with Crippen molar-refractivity contribution in [3.63, 3.8) is 0 Å². The van der Waals surface area contributed by atoms with E-state index in [1.54, 1.807) is 0 Å².